The van der Waals surface area contributed by atoms with Crippen LogP contribution in [0.1, 0.15) is 16.7 Å². The molecule has 3 rings (SSSR count). The van der Waals surface area contributed by atoms with Crippen LogP contribution in [0, 0.1) is 12.7 Å². The molecule has 33 heavy (non-hydrogen) atoms. The maximum absolute atomic E-state index is 14.0. The highest BCUT2D eigenvalue weighted by Crippen LogP contribution is 2.21. The molecule has 0 radical (unpaired) electrons. The maximum atomic E-state index is 14.0. The molecule has 7 nitrogen and oxygen atoms in total. The van der Waals surface area contributed by atoms with Crippen molar-refractivity contribution >= 4 is 27.8 Å². The highest BCUT2D eigenvalue weighted by molar-refractivity contribution is 7.92. The van der Waals surface area contributed by atoms with Crippen molar-refractivity contribution in [1.82, 2.24) is 5.43 Å². The van der Waals surface area contributed by atoms with Crippen LogP contribution in [-0.4, -0.2) is 33.3 Å². The Hall–Kier alpha value is -3.72. The fraction of sp³-hybridized carbons (Fsp3) is 0.167. The highest BCUT2D eigenvalue weighted by atomic mass is 32.2. The lowest BCUT2D eigenvalue weighted by atomic mass is 10.2. The molecule has 1 N–H and O–H groups in total. The van der Waals surface area contributed by atoms with Gasteiger partial charge < -0.3 is 4.74 Å². The molecule has 0 aliphatic heterocycles. The Morgan fingerprint density at radius 1 is 1.06 bits per heavy atom. The van der Waals surface area contributed by atoms with Crippen LogP contribution in [0.2, 0.25) is 0 Å². The van der Waals surface area contributed by atoms with Crippen molar-refractivity contribution in [2.45, 2.75) is 13.5 Å². The fourth-order valence-electron chi connectivity index (χ4n) is 2.88. The predicted molar refractivity (Wildman–Crippen MR) is 126 cm³/mol. The minimum atomic E-state index is -3.88. The van der Waals surface area contributed by atoms with Gasteiger partial charge in [-0.1, -0.05) is 42.0 Å². The highest BCUT2D eigenvalue weighted by Gasteiger charge is 2.23. The van der Waals surface area contributed by atoms with E-state index in [0.717, 1.165) is 17.9 Å². The van der Waals surface area contributed by atoms with Gasteiger partial charge in [0.2, 0.25) is 10.0 Å². The van der Waals surface area contributed by atoms with Crippen molar-refractivity contribution < 1.29 is 22.3 Å². The topological polar surface area (TPSA) is 88.1 Å². The van der Waals surface area contributed by atoms with Gasteiger partial charge in [-0.2, -0.15) is 5.10 Å². The molecule has 0 aromatic heterocycles. The number of sulfonamides is 1. The number of carbonyl (C=O) groups excluding carboxylic acids is 1. The van der Waals surface area contributed by atoms with Gasteiger partial charge in [0.1, 0.15) is 24.7 Å². The van der Waals surface area contributed by atoms with Crippen molar-refractivity contribution in [3.8, 4) is 5.75 Å². The molecule has 0 bridgehead atoms. The number of carbonyl (C=O) groups is 1. The number of nitrogens with one attached hydrogen (secondary N) is 1. The van der Waals surface area contributed by atoms with E-state index in [-0.39, 0.29) is 5.69 Å². The third kappa shape index (κ3) is 7.15. The molecule has 0 saturated carbocycles. The van der Waals surface area contributed by atoms with Gasteiger partial charge in [0.15, 0.2) is 0 Å². The van der Waals surface area contributed by atoms with Crippen molar-refractivity contribution in [3.05, 3.63) is 95.3 Å². The molecule has 3 aromatic carbocycles. The van der Waals surface area contributed by atoms with E-state index < -0.39 is 28.3 Å². The van der Waals surface area contributed by atoms with E-state index >= 15 is 0 Å². The monoisotopic (exact) mass is 469 g/mol. The molecular weight excluding hydrogens is 445 g/mol. The summed E-state index contributed by atoms with van der Waals surface area (Å²) in [6.07, 6.45) is 2.31. The number of para-hydroxylation sites is 1. The van der Waals surface area contributed by atoms with Crippen LogP contribution in [0.15, 0.2) is 77.9 Å². The summed E-state index contributed by atoms with van der Waals surface area (Å²) < 4.78 is 44.5. The Morgan fingerprint density at radius 2 is 1.73 bits per heavy atom. The zero-order valence-corrected chi connectivity index (χ0v) is 19.0. The largest absolute Gasteiger partial charge is 0.489 e. The summed E-state index contributed by atoms with van der Waals surface area (Å²) in [4.78, 5) is 12.2. The predicted octanol–water partition coefficient (Wildman–Crippen LogP) is 3.63. The zero-order valence-electron chi connectivity index (χ0n) is 18.2. The standard InChI is InChI=1S/C24H24FN3O4S/c1-18-7-9-20(10-8-18)17-32-21-13-11-19(12-14-21)15-26-27-24(29)16-28(33(2,30)31)23-6-4-3-5-22(23)25/h3-15H,16-17H2,1-2H3,(H,27,29)/b26-15-. The molecule has 1 amide bonds. The van der Waals surface area contributed by atoms with E-state index in [1.807, 2.05) is 31.2 Å². The first kappa shape index (κ1) is 23.9. The molecule has 9 heteroatoms. The first-order valence-corrected chi connectivity index (χ1v) is 11.9. The fourth-order valence-corrected chi connectivity index (χ4v) is 3.74. The second-order valence-electron chi connectivity index (χ2n) is 7.36. The molecule has 172 valence electrons. The van der Waals surface area contributed by atoms with E-state index in [9.17, 15) is 17.6 Å². The summed E-state index contributed by atoms with van der Waals surface area (Å²) in [5.74, 6) is -0.771. The average molecular weight is 470 g/mol. The van der Waals surface area contributed by atoms with Gasteiger partial charge in [0, 0.05) is 0 Å². The number of hydrazone groups is 1. The number of benzene rings is 3. The summed E-state index contributed by atoms with van der Waals surface area (Å²) in [5, 5.41) is 3.84. The number of nitrogens with zero attached hydrogens (tertiary/aromatic N) is 2. The van der Waals surface area contributed by atoms with Crippen LogP contribution in [0.25, 0.3) is 0 Å². The van der Waals surface area contributed by atoms with Crippen LogP contribution in [-0.2, 0) is 21.4 Å². The van der Waals surface area contributed by atoms with E-state index in [4.69, 9.17) is 4.74 Å². The molecule has 0 heterocycles. The Balaban J connectivity index is 1.55. The smallest absolute Gasteiger partial charge is 0.260 e. The van der Waals surface area contributed by atoms with Crippen LogP contribution < -0.4 is 14.5 Å². The minimum Gasteiger partial charge on any atom is -0.489 e. The van der Waals surface area contributed by atoms with Crippen molar-refractivity contribution in [2.75, 3.05) is 17.1 Å². The third-order valence-corrected chi connectivity index (χ3v) is 5.74. The second kappa shape index (κ2) is 10.7. The SMILES string of the molecule is Cc1ccc(COc2ccc(/C=N\NC(=O)CN(c3ccccc3F)S(C)(=O)=O)cc2)cc1. The first-order valence-electron chi connectivity index (χ1n) is 10.0. The molecule has 0 aliphatic carbocycles. The Kier molecular flexibility index (Phi) is 7.78. The number of rotatable bonds is 9. The molecule has 3 aromatic rings. The molecular formula is C24H24FN3O4S. The van der Waals surface area contributed by atoms with Gasteiger partial charge >= 0.3 is 0 Å². The number of anilines is 1. The number of amides is 1. The molecule has 0 fully saturated rings. The van der Waals surface area contributed by atoms with Gasteiger partial charge in [-0.25, -0.2) is 18.2 Å². The number of ether oxygens (including phenoxy) is 1. The summed E-state index contributed by atoms with van der Waals surface area (Å²) in [7, 11) is -3.88. The van der Waals surface area contributed by atoms with E-state index in [2.05, 4.69) is 10.5 Å². The Labute approximate surface area is 192 Å². The number of halogens is 1. The van der Waals surface area contributed by atoms with Crippen molar-refractivity contribution in [1.29, 1.82) is 0 Å². The first-order chi connectivity index (χ1) is 15.7. The molecule has 0 unspecified atom stereocenters. The summed E-state index contributed by atoms with van der Waals surface area (Å²) in [6.45, 7) is 1.86. The summed E-state index contributed by atoms with van der Waals surface area (Å²) >= 11 is 0. The normalized spacial score (nSPS) is 11.4. The van der Waals surface area contributed by atoms with Crippen molar-refractivity contribution in [3.63, 3.8) is 0 Å². The summed E-state index contributed by atoms with van der Waals surface area (Å²) in [6, 6.07) is 20.5. The van der Waals surface area contributed by atoms with E-state index in [0.29, 0.717) is 22.2 Å². The van der Waals surface area contributed by atoms with Crippen LogP contribution >= 0.6 is 0 Å². The molecule has 0 atom stereocenters. The Morgan fingerprint density at radius 3 is 2.36 bits per heavy atom. The minimum absolute atomic E-state index is 0.208. The number of aryl methyl sites for hydroxylation is 1. The summed E-state index contributed by atoms with van der Waals surface area (Å²) in [5.41, 5.74) is 5.00. The molecule has 0 aliphatic rings. The van der Waals surface area contributed by atoms with Crippen LogP contribution in [0.5, 0.6) is 5.75 Å². The van der Waals surface area contributed by atoms with Gasteiger partial charge in [0.05, 0.1) is 18.2 Å². The van der Waals surface area contributed by atoms with E-state index in [1.54, 1.807) is 24.3 Å². The zero-order chi connectivity index (χ0) is 23.8. The second-order valence-corrected chi connectivity index (χ2v) is 9.26. The lowest BCUT2D eigenvalue weighted by molar-refractivity contribution is -0.119. The maximum Gasteiger partial charge on any atom is 0.260 e. The lowest BCUT2D eigenvalue weighted by Gasteiger charge is -2.21. The van der Waals surface area contributed by atoms with Crippen LogP contribution in [0.3, 0.4) is 0 Å². The quantitative estimate of drug-likeness (QED) is 0.383. The van der Waals surface area contributed by atoms with Gasteiger partial charge in [-0.3, -0.25) is 9.10 Å². The van der Waals surface area contributed by atoms with Crippen LogP contribution in [0.4, 0.5) is 10.1 Å². The van der Waals surface area contributed by atoms with Crippen molar-refractivity contribution in [2.24, 2.45) is 5.10 Å². The Bertz CT molecular complexity index is 1230. The van der Waals surface area contributed by atoms with E-state index in [1.165, 1.54) is 30.0 Å². The van der Waals surface area contributed by atoms with Gasteiger partial charge in [0.25, 0.3) is 5.91 Å². The van der Waals surface area contributed by atoms with Gasteiger partial charge in [-0.05, 0) is 54.4 Å². The number of hydrogen-bond acceptors (Lipinski definition) is 5. The molecule has 0 saturated heterocycles. The van der Waals surface area contributed by atoms with Gasteiger partial charge in [-0.15, -0.1) is 0 Å². The number of hydrogen-bond donors (Lipinski definition) is 1. The lowest BCUT2D eigenvalue weighted by Crippen LogP contribution is -2.39. The third-order valence-electron chi connectivity index (χ3n) is 4.62. The molecule has 0 spiro atoms. The average Bonchev–Trinajstić information content (AvgIpc) is 2.78.